The van der Waals surface area contributed by atoms with Crippen LogP contribution < -0.4 is 5.32 Å². The first kappa shape index (κ1) is 14.0. The summed E-state index contributed by atoms with van der Waals surface area (Å²) < 4.78 is 1.10. The largest absolute Gasteiger partial charge is 0.384 e. The van der Waals surface area contributed by atoms with Crippen LogP contribution >= 0.6 is 15.9 Å². The van der Waals surface area contributed by atoms with Crippen LogP contribution in [0, 0.1) is 0 Å². The summed E-state index contributed by atoms with van der Waals surface area (Å²) >= 11 is 3.43. The minimum absolute atomic E-state index is 0.878. The monoisotopic (exact) mass is 319 g/mol. The summed E-state index contributed by atoms with van der Waals surface area (Å²) in [5.41, 5.74) is 2.25. The molecule has 2 aromatic rings. The number of halogens is 1. The summed E-state index contributed by atoms with van der Waals surface area (Å²) in [6.45, 7) is 2.78. The van der Waals surface area contributed by atoms with Crippen molar-refractivity contribution in [3.63, 3.8) is 0 Å². The molecule has 0 saturated carbocycles. The van der Waals surface area contributed by atoms with Crippen LogP contribution in [0.3, 0.4) is 0 Å². The van der Waals surface area contributed by atoms with E-state index >= 15 is 0 Å². The standard InChI is InChI=1S/C15H18BrN3/c1-19(12-15-4-2-3-9-17-15)11-10-18-14-7-5-13(16)6-8-14/h2-9,18H,10-12H2,1H3. The van der Waals surface area contributed by atoms with Crippen molar-refractivity contribution < 1.29 is 0 Å². The van der Waals surface area contributed by atoms with Gasteiger partial charge in [-0.05, 0) is 43.4 Å². The van der Waals surface area contributed by atoms with E-state index < -0.39 is 0 Å². The summed E-state index contributed by atoms with van der Waals surface area (Å²) in [6, 6.07) is 14.2. The molecule has 0 amide bonds. The van der Waals surface area contributed by atoms with Crippen LogP contribution in [-0.2, 0) is 6.54 Å². The molecule has 0 bridgehead atoms. The molecule has 0 atom stereocenters. The molecule has 0 aliphatic heterocycles. The van der Waals surface area contributed by atoms with E-state index in [-0.39, 0.29) is 0 Å². The Balaban J connectivity index is 1.72. The number of pyridine rings is 1. The zero-order valence-electron chi connectivity index (χ0n) is 11.0. The predicted molar refractivity (Wildman–Crippen MR) is 83.2 cm³/mol. The van der Waals surface area contributed by atoms with Crippen LogP contribution in [0.15, 0.2) is 53.1 Å². The summed E-state index contributed by atoms with van der Waals surface area (Å²) in [5.74, 6) is 0. The molecule has 1 heterocycles. The second kappa shape index (κ2) is 7.26. The van der Waals surface area contributed by atoms with Crippen molar-refractivity contribution in [2.45, 2.75) is 6.54 Å². The number of likely N-dealkylation sites (N-methyl/N-ethyl adjacent to an activating group) is 1. The first-order valence-corrected chi connectivity index (χ1v) is 7.11. The molecule has 0 fully saturated rings. The summed E-state index contributed by atoms with van der Waals surface area (Å²) in [5, 5.41) is 3.41. The van der Waals surface area contributed by atoms with E-state index in [9.17, 15) is 0 Å². The van der Waals surface area contributed by atoms with Gasteiger partial charge in [-0.2, -0.15) is 0 Å². The summed E-state index contributed by atoms with van der Waals surface area (Å²) in [4.78, 5) is 6.59. The zero-order valence-corrected chi connectivity index (χ0v) is 12.6. The first-order valence-electron chi connectivity index (χ1n) is 6.32. The van der Waals surface area contributed by atoms with Crippen LogP contribution in [0.5, 0.6) is 0 Å². The molecule has 0 saturated heterocycles. The molecule has 1 aromatic heterocycles. The molecule has 0 radical (unpaired) electrons. The van der Waals surface area contributed by atoms with Crippen molar-refractivity contribution >= 4 is 21.6 Å². The Morgan fingerprint density at radius 1 is 1.16 bits per heavy atom. The lowest BCUT2D eigenvalue weighted by Gasteiger charge is -2.16. The Hall–Kier alpha value is -1.39. The molecule has 0 aliphatic rings. The van der Waals surface area contributed by atoms with Gasteiger partial charge in [0.2, 0.25) is 0 Å². The molecular weight excluding hydrogens is 302 g/mol. The molecule has 19 heavy (non-hydrogen) atoms. The molecule has 0 unspecified atom stereocenters. The molecule has 0 aliphatic carbocycles. The van der Waals surface area contributed by atoms with Crippen LogP contribution in [-0.4, -0.2) is 30.0 Å². The Morgan fingerprint density at radius 2 is 1.95 bits per heavy atom. The van der Waals surface area contributed by atoms with Crippen molar-refractivity contribution in [3.05, 3.63) is 58.8 Å². The number of nitrogens with zero attached hydrogens (tertiary/aromatic N) is 2. The minimum atomic E-state index is 0.878. The molecular formula is C15H18BrN3. The van der Waals surface area contributed by atoms with Gasteiger partial charge >= 0.3 is 0 Å². The molecule has 100 valence electrons. The molecule has 1 aromatic carbocycles. The van der Waals surface area contributed by atoms with Crippen molar-refractivity contribution in [2.24, 2.45) is 0 Å². The fourth-order valence-electron chi connectivity index (χ4n) is 1.81. The Morgan fingerprint density at radius 3 is 2.63 bits per heavy atom. The lowest BCUT2D eigenvalue weighted by Crippen LogP contribution is -2.25. The normalized spacial score (nSPS) is 10.7. The fraction of sp³-hybridized carbons (Fsp3) is 0.267. The van der Waals surface area contributed by atoms with E-state index in [1.54, 1.807) is 0 Å². The van der Waals surface area contributed by atoms with Gasteiger partial charge in [0.15, 0.2) is 0 Å². The second-order valence-corrected chi connectivity index (χ2v) is 5.41. The lowest BCUT2D eigenvalue weighted by atomic mass is 10.3. The maximum Gasteiger partial charge on any atom is 0.0543 e. The molecule has 3 nitrogen and oxygen atoms in total. The van der Waals surface area contributed by atoms with Gasteiger partial charge in [0, 0.05) is 36.0 Å². The second-order valence-electron chi connectivity index (χ2n) is 4.49. The highest BCUT2D eigenvalue weighted by Gasteiger charge is 2.00. The number of hydrogen-bond acceptors (Lipinski definition) is 3. The highest BCUT2D eigenvalue weighted by molar-refractivity contribution is 9.10. The number of benzene rings is 1. The van der Waals surface area contributed by atoms with E-state index in [1.807, 2.05) is 30.5 Å². The fourth-order valence-corrected chi connectivity index (χ4v) is 2.07. The van der Waals surface area contributed by atoms with Gasteiger partial charge in [-0.15, -0.1) is 0 Å². The highest BCUT2D eigenvalue weighted by atomic mass is 79.9. The average Bonchev–Trinajstić information content (AvgIpc) is 2.42. The molecule has 2 rings (SSSR count). The third-order valence-electron chi connectivity index (χ3n) is 2.82. The highest BCUT2D eigenvalue weighted by Crippen LogP contribution is 2.13. The maximum atomic E-state index is 4.33. The number of aromatic nitrogens is 1. The SMILES string of the molecule is CN(CCNc1ccc(Br)cc1)Cc1ccccn1. The van der Waals surface area contributed by atoms with E-state index in [1.165, 1.54) is 0 Å². The van der Waals surface area contributed by atoms with Crippen molar-refractivity contribution in [1.29, 1.82) is 0 Å². The lowest BCUT2D eigenvalue weighted by molar-refractivity contribution is 0.336. The predicted octanol–water partition coefficient (Wildman–Crippen LogP) is 3.39. The Labute approximate surface area is 122 Å². The number of hydrogen-bond donors (Lipinski definition) is 1. The minimum Gasteiger partial charge on any atom is -0.384 e. The van der Waals surface area contributed by atoms with Gasteiger partial charge in [-0.3, -0.25) is 9.88 Å². The van der Waals surface area contributed by atoms with E-state index in [2.05, 4.69) is 56.4 Å². The van der Waals surface area contributed by atoms with Gasteiger partial charge in [-0.1, -0.05) is 22.0 Å². The van der Waals surface area contributed by atoms with E-state index in [0.717, 1.165) is 35.5 Å². The van der Waals surface area contributed by atoms with Gasteiger partial charge in [0.25, 0.3) is 0 Å². The molecule has 1 N–H and O–H groups in total. The van der Waals surface area contributed by atoms with E-state index in [4.69, 9.17) is 0 Å². The molecule has 4 heteroatoms. The maximum absolute atomic E-state index is 4.33. The van der Waals surface area contributed by atoms with Crippen LogP contribution in [0.1, 0.15) is 5.69 Å². The quantitative estimate of drug-likeness (QED) is 0.884. The topological polar surface area (TPSA) is 28.2 Å². The summed E-state index contributed by atoms with van der Waals surface area (Å²) in [6.07, 6.45) is 1.84. The van der Waals surface area contributed by atoms with Gasteiger partial charge in [-0.25, -0.2) is 0 Å². The molecule has 0 spiro atoms. The third-order valence-corrected chi connectivity index (χ3v) is 3.35. The third kappa shape index (κ3) is 5.01. The zero-order chi connectivity index (χ0) is 13.5. The van der Waals surface area contributed by atoms with Crippen molar-refractivity contribution in [3.8, 4) is 0 Å². The van der Waals surface area contributed by atoms with Gasteiger partial charge in [0.1, 0.15) is 0 Å². The summed E-state index contributed by atoms with van der Waals surface area (Å²) in [7, 11) is 2.11. The smallest absolute Gasteiger partial charge is 0.0543 e. The van der Waals surface area contributed by atoms with Crippen LogP contribution in [0.2, 0.25) is 0 Å². The number of rotatable bonds is 6. The van der Waals surface area contributed by atoms with Gasteiger partial charge in [0.05, 0.1) is 5.69 Å². The Kier molecular flexibility index (Phi) is 5.36. The van der Waals surface area contributed by atoms with Crippen LogP contribution in [0.4, 0.5) is 5.69 Å². The van der Waals surface area contributed by atoms with Gasteiger partial charge < -0.3 is 5.32 Å². The number of anilines is 1. The van der Waals surface area contributed by atoms with Crippen molar-refractivity contribution in [2.75, 3.05) is 25.5 Å². The van der Waals surface area contributed by atoms with Crippen molar-refractivity contribution in [1.82, 2.24) is 9.88 Å². The van der Waals surface area contributed by atoms with Crippen LogP contribution in [0.25, 0.3) is 0 Å². The first-order chi connectivity index (χ1) is 9.24. The Bertz CT molecular complexity index is 485. The average molecular weight is 320 g/mol. The number of nitrogens with one attached hydrogen (secondary N) is 1. The van der Waals surface area contributed by atoms with E-state index in [0.29, 0.717) is 0 Å².